The first-order valence-corrected chi connectivity index (χ1v) is 4.24. The molecule has 14 heavy (non-hydrogen) atoms. The average molecular weight is 190 g/mol. The summed E-state index contributed by atoms with van der Waals surface area (Å²) in [5.74, 6) is 0.688. The van der Waals surface area contributed by atoms with E-state index in [-0.39, 0.29) is 5.78 Å². The van der Waals surface area contributed by atoms with Gasteiger partial charge in [-0.25, -0.2) is 4.98 Å². The van der Waals surface area contributed by atoms with Crippen molar-refractivity contribution < 1.29 is 9.53 Å². The highest BCUT2D eigenvalue weighted by atomic mass is 16.5. The number of rotatable bonds is 2. The number of aromatic amines is 1. The summed E-state index contributed by atoms with van der Waals surface area (Å²) in [6, 6.07) is 3.61. The lowest BCUT2D eigenvalue weighted by Crippen LogP contribution is -1.90. The van der Waals surface area contributed by atoms with Crippen LogP contribution in [0.25, 0.3) is 11.0 Å². The number of hydrogen-bond donors (Lipinski definition) is 1. The van der Waals surface area contributed by atoms with Crippen LogP contribution < -0.4 is 4.74 Å². The second-order valence-electron chi connectivity index (χ2n) is 3.05. The standard InChI is InChI=1S/C10H10N2O2/c1-6(13)9-4-7-3-8(14-2)5-11-10(7)12-9/h3-5H,1-2H3,(H,11,12). The van der Waals surface area contributed by atoms with Gasteiger partial charge in [0.25, 0.3) is 0 Å². The third kappa shape index (κ3) is 1.35. The van der Waals surface area contributed by atoms with Gasteiger partial charge in [-0.3, -0.25) is 4.79 Å². The predicted molar refractivity (Wildman–Crippen MR) is 52.7 cm³/mol. The van der Waals surface area contributed by atoms with Crippen molar-refractivity contribution in [2.75, 3.05) is 7.11 Å². The van der Waals surface area contributed by atoms with Crippen LogP contribution in [-0.4, -0.2) is 22.9 Å². The van der Waals surface area contributed by atoms with E-state index < -0.39 is 0 Å². The Hall–Kier alpha value is -1.84. The van der Waals surface area contributed by atoms with Crippen LogP contribution in [-0.2, 0) is 0 Å². The number of pyridine rings is 1. The van der Waals surface area contributed by atoms with Gasteiger partial charge in [0, 0.05) is 12.3 Å². The Balaban J connectivity index is 2.60. The second-order valence-corrected chi connectivity index (χ2v) is 3.05. The van der Waals surface area contributed by atoms with Gasteiger partial charge < -0.3 is 9.72 Å². The fourth-order valence-corrected chi connectivity index (χ4v) is 1.30. The van der Waals surface area contributed by atoms with Crippen LogP contribution in [0.4, 0.5) is 0 Å². The SMILES string of the molecule is COc1cnc2[nH]c(C(C)=O)cc2c1. The molecule has 0 saturated heterocycles. The Morgan fingerprint density at radius 1 is 1.50 bits per heavy atom. The first-order chi connectivity index (χ1) is 6.70. The van der Waals surface area contributed by atoms with Crippen LogP contribution in [0, 0.1) is 0 Å². The lowest BCUT2D eigenvalue weighted by Gasteiger charge is -1.96. The highest BCUT2D eigenvalue weighted by molar-refractivity contribution is 5.97. The molecule has 0 aromatic carbocycles. The lowest BCUT2D eigenvalue weighted by atomic mass is 10.3. The highest BCUT2D eigenvalue weighted by Crippen LogP contribution is 2.18. The summed E-state index contributed by atoms with van der Waals surface area (Å²) < 4.78 is 5.03. The maximum atomic E-state index is 11.1. The number of fused-ring (bicyclic) bond motifs is 1. The zero-order chi connectivity index (χ0) is 10.1. The van der Waals surface area contributed by atoms with Gasteiger partial charge in [0.05, 0.1) is 19.0 Å². The number of aromatic nitrogens is 2. The first kappa shape index (κ1) is 8.74. The summed E-state index contributed by atoms with van der Waals surface area (Å²) >= 11 is 0. The third-order valence-corrected chi connectivity index (χ3v) is 2.06. The molecule has 0 radical (unpaired) electrons. The Morgan fingerprint density at radius 3 is 2.93 bits per heavy atom. The van der Waals surface area contributed by atoms with E-state index in [1.54, 1.807) is 19.4 Å². The van der Waals surface area contributed by atoms with Crippen LogP contribution in [0.3, 0.4) is 0 Å². The van der Waals surface area contributed by atoms with E-state index >= 15 is 0 Å². The van der Waals surface area contributed by atoms with Crippen molar-refractivity contribution in [3.05, 3.63) is 24.0 Å². The molecule has 0 saturated carbocycles. The Bertz CT molecular complexity index is 488. The van der Waals surface area contributed by atoms with Gasteiger partial charge in [-0.15, -0.1) is 0 Å². The maximum absolute atomic E-state index is 11.1. The second kappa shape index (κ2) is 3.14. The smallest absolute Gasteiger partial charge is 0.176 e. The Morgan fingerprint density at radius 2 is 2.29 bits per heavy atom. The summed E-state index contributed by atoms with van der Waals surface area (Å²) in [5, 5.41) is 0.884. The van der Waals surface area contributed by atoms with Crippen molar-refractivity contribution in [2.45, 2.75) is 6.92 Å². The van der Waals surface area contributed by atoms with Gasteiger partial charge >= 0.3 is 0 Å². The molecule has 0 aliphatic carbocycles. The molecule has 4 heteroatoms. The van der Waals surface area contributed by atoms with Crippen molar-refractivity contribution in [1.29, 1.82) is 0 Å². The summed E-state index contributed by atoms with van der Waals surface area (Å²) in [6.45, 7) is 1.52. The minimum Gasteiger partial charge on any atom is -0.495 e. The molecule has 2 heterocycles. The van der Waals surface area contributed by atoms with Crippen LogP contribution in [0.5, 0.6) is 5.75 Å². The van der Waals surface area contributed by atoms with Gasteiger partial charge in [0.1, 0.15) is 11.4 Å². The van der Waals surface area contributed by atoms with Gasteiger partial charge in [-0.05, 0) is 12.1 Å². The number of Topliss-reactive ketones (excluding diaryl/α,β-unsaturated/α-hetero) is 1. The lowest BCUT2D eigenvalue weighted by molar-refractivity contribution is 0.101. The first-order valence-electron chi connectivity index (χ1n) is 4.24. The number of carbonyl (C=O) groups is 1. The summed E-state index contributed by atoms with van der Waals surface area (Å²) in [5.41, 5.74) is 1.27. The number of hydrogen-bond acceptors (Lipinski definition) is 3. The molecular weight excluding hydrogens is 180 g/mol. The minimum absolute atomic E-state index is 0.00182. The van der Waals surface area contributed by atoms with Crippen molar-refractivity contribution in [3.8, 4) is 5.75 Å². The zero-order valence-electron chi connectivity index (χ0n) is 8.00. The summed E-state index contributed by atoms with van der Waals surface area (Å²) in [4.78, 5) is 18.1. The molecule has 0 atom stereocenters. The Kier molecular flexibility index (Phi) is 1.96. The van der Waals surface area contributed by atoms with E-state index in [0.717, 1.165) is 5.39 Å². The fraction of sp³-hybridized carbons (Fsp3) is 0.200. The number of nitrogens with one attached hydrogen (secondary N) is 1. The molecule has 0 bridgehead atoms. The molecule has 2 aromatic heterocycles. The van der Waals surface area contributed by atoms with Gasteiger partial charge in [-0.1, -0.05) is 0 Å². The van der Waals surface area contributed by atoms with Crippen LogP contribution in [0.2, 0.25) is 0 Å². The van der Waals surface area contributed by atoms with E-state index in [9.17, 15) is 4.79 Å². The minimum atomic E-state index is 0.00182. The molecule has 1 N–H and O–H groups in total. The van der Waals surface area contributed by atoms with Gasteiger partial charge in [0.15, 0.2) is 5.78 Å². The van der Waals surface area contributed by atoms with Crippen molar-refractivity contribution >= 4 is 16.8 Å². The van der Waals surface area contributed by atoms with Crippen LogP contribution in [0.15, 0.2) is 18.3 Å². The van der Waals surface area contributed by atoms with E-state index in [0.29, 0.717) is 17.1 Å². The van der Waals surface area contributed by atoms with Gasteiger partial charge in [0.2, 0.25) is 0 Å². The van der Waals surface area contributed by atoms with E-state index in [2.05, 4.69) is 9.97 Å². The molecule has 4 nitrogen and oxygen atoms in total. The van der Waals surface area contributed by atoms with E-state index in [4.69, 9.17) is 4.74 Å². The molecular formula is C10H10N2O2. The largest absolute Gasteiger partial charge is 0.495 e. The topological polar surface area (TPSA) is 55.0 Å². The molecule has 0 aliphatic rings. The molecule has 2 rings (SSSR count). The summed E-state index contributed by atoms with van der Waals surface area (Å²) in [7, 11) is 1.58. The molecule has 72 valence electrons. The van der Waals surface area contributed by atoms with Gasteiger partial charge in [-0.2, -0.15) is 0 Å². The average Bonchev–Trinajstić information content (AvgIpc) is 2.59. The molecule has 0 spiro atoms. The number of carbonyl (C=O) groups excluding carboxylic acids is 1. The van der Waals surface area contributed by atoms with E-state index in [1.807, 2.05) is 6.07 Å². The van der Waals surface area contributed by atoms with Crippen molar-refractivity contribution in [1.82, 2.24) is 9.97 Å². The molecule has 0 amide bonds. The number of ether oxygens (including phenoxy) is 1. The van der Waals surface area contributed by atoms with Crippen molar-refractivity contribution in [3.63, 3.8) is 0 Å². The normalized spacial score (nSPS) is 10.4. The summed E-state index contributed by atoms with van der Waals surface area (Å²) in [6.07, 6.45) is 1.61. The number of nitrogens with zero attached hydrogens (tertiary/aromatic N) is 1. The van der Waals surface area contributed by atoms with E-state index in [1.165, 1.54) is 6.92 Å². The van der Waals surface area contributed by atoms with Crippen LogP contribution >= 0.6 is 0 Å². The Labute approximate surface area is 80.9 Å². The monoisotopic (exact) mass is 190 g/mol. The molecule has 0 fully saturated rings. The molecule has 0 unspecified atom stereocenters. The molecule has 2 aromatic rings. The number of ketones is 1. The zero-order valence-corrected chi connectivity index (χ0v) is 8.00. The maximum Gasteiger partial charge on any atom is 0.176 e. The quantitative estimate of drug-likeness (QED) is 0.734. The highest BCUT2D eigenvalue weighted by Gasteiger charge is 2.05. The predicted octanol–water partition coefficient (Wildman–Crippen LogP) is 1.77. The number of methoxy groups -OCH3 is 1. The van der Waals surface area contributed by atoms with Crippen LogP contribution in [0.1, 0.15) is 17.4 Å². The number of H-pyrrole nitrogens is 1. The molecule has 0 aliphatic heterocycles. The van der Waals surface area contributed by atoms with Crippen molar-refractivity contribution in [2.24, 2.45) is 0 Å². The third-order valence-electron chi connectivity index (χ3n) is 2.06. The fourth-order valence-electron chi connectivity index (χ4n) is 1.30.